The summed E-state index contributed by atoms with van der Waals surface area (Å²) in [6.45, 7) is 10.8. The van der Waals surface area contributed by atoms with Crippen molar-refractivity contribution in [3.8, 4) is 0 Å². The van der Waals surface area contributed by atoms with Crippen LogP contribution in [-0.2, 0) is 6.42 Å². The molecule has 0 spiro atoms. The third kappa shape index (κ3) is 3.48. The van der Waals surface area contributed by atoms with Crippen LogP contribution in [0.25, 0.3) is 0 Å². The van der Waals surface area contributed by atoms with Crippen molar-refractivity contribution in [1.29, 1.82) is 0 Å². The van der Waals surface area contributed by atoms with Gasteiger partial charge in [-0.05, 0) is 11.8 Å². The van der Waals surface area contributed by atoms with Crippen molar-refractivity contribution < 1.29 is 4.52 Å². The third-order valence-corrected chi connectivity index (χ3v) is 2.09. The Hall–Kier alpha value is -0.860. The van der Waals surface area contributed by atoms with E-state index < -0.39 is 0 Å². The monoisotopic (exact) mass is 196 g/mol. The molecule has 0 aliphatic rings. The lowest BCUT2D eigenvalue weighted by atomic mass is 9.91. The predicted molar refractivity (Wildman–Crippen MR) is 56.2 cm³/mol. The molecule has 0 radical (unpaired) electrons. The molecular weight excluding hydrogens is 176 g/mol. The highest BCUT2D eigenvalue weighted by Gasteiger charge is 2.14. The maximum absolute atomic E-state index is 5.16. The first kappa shape index (κ1) is 11.2. The largest absolute Gasteiger partial charge is 0.339 e. The van der Waals surface area contributed by atoms with Crippen LogP contribution < -0.4 is 0 Å². The second kappa shape index (κ2) is 4.11. The number of hydrogen-bond donors (Lipinski definition) is 0. The minimum atomic E-state index is 0.326. The first-order valence-corrected chi connectivity index (χ1v) is 5.21. The van der Waals surface area contributed by atoms with E-state index in [0.29, 0.717) is 11.3 Å². The van der Waals surface area contributed by atoms with Crippen LogP contribution in [0.15, 0.2) is 4.52 Å². The fraction of sp³-hybridized carbons (Fsp3) is 0.818. The number of aromatic nitrogens is 2. The van der Waals surface area contributed by atoms with Gasteiger partial charge in [0.2, 0.25) is 5.89 Å². The highest BCUT2D eigenvalue weighted by atomic mass is 16.5. The fourth-order valence-electron chi connectivity index (χ4n) is 1.09. The van der Waals surface area contributed by atoms with Crippen molar-refractivity contribution in [3.63, 3.8) is 0 Å². The van der Waals surface area contributed by atoms with Crippen LogP contribution in [0.2, 0.25) is 0 Å². The van der Waals surface area contributed by atoms with Gasteiger partial charge in [-0.1, -0.05) is 39.8 Å². The molecule has 0 unspecified atom stereocenters. The number of nitrogens with zero attached hydrogens (tertiary/aromatic N) is 2. The zero-order valence-electron chi connectivity index (χ0n) is 9.79. The highest BCUT2D eigenvalue weighted by Crippen LogP contribution is 2.21. The summed E-state index contributed by atoms with van der Waals surface area (Å²) < 4.78 is 5.16. The Kier molecular flexibility index (Phi) is 3.29. The summed E-state index contributed by atoms with van der Waals surface area (Å²) in [5, 5.41) is 3.93. The maximum Gasteiger partial charge on any atom is 0.226 e. The number of hydrogen-bond acceptors (Lipinski definition) is 3. The molecule has 0 saturated carbocycles. The Morgan fingerprint density at radius 3 is 2.36 bits per heavy atom. The quantitative estimate of drug-likeness (QED) is 0.745. The molecule has 0 fully saturated rings. The predicted octanol–water partition coefficient (Wildman–Crippen LogP) is 3.17. The van der Waals surface area contributed by atoms with Crippen LogP contribution in [0, 0.1) is 5.41 Å². The number of aryl methyl sites for hydroxylation is 1. The van der Waals surface area contributed by atoms with Gasteiger partial charge in [-0.25, -0.2) is 0 Å². The third-order valence-electron chi connectivity index (χ3n) is 2.09. The van der Waals surface area contributed by atoms with Crippen molar-refractivity contribution in [3.05, 3.63) is 11.7 Å². The second-order valence-corrected chi connectivity index (χ2v) is 5.26. The standard InChI is InChI=1S/C11H20N2O/c1-8(2)10-12-9(14-13-10)6-7-11(3,4)5/h8H,6-7H2,1-5H3. The van der Waals surface area contributed by atoms with Gasteiger partial charge in [0.15, 0.2) is 5.82 Å². The molecule has 80 valence electrons. The van der Waals surface area contributed by atoms with E-state index in [1.54, 1.807) is 0 Å². The Balaban J connectivity index is 2.52. The van der Waals surface area contributed by atoms with Crippen LogP contribution in [-0.4, -0.2) is 10.1 Å². The zero-order chi connectivity index (χ0) is 10.8. The van der Waals surface area contributed by atoms with E-state index in [1.165, 1.54) is 0 Å². The average Bonchev–Trinajstić information content (AvgIpc) is 2.47. The minimum absolute atomic E-state index is 0.326. The Bertz CT molecular complexity index is 284. The maximum atomic E-state index is 5.16. The van der Waals surface area contributed by atoms with E-state index in [0.717, 1.165) is 24.6 Å². The van der Waals surface area contributed by atoms with E-state index in [-0.39, 0.29) is 0 Å². The summed E-state index contributed by atoms with van der Waals surface area (Å²) in [7, 11) is 0. The zero-order valence-corrected chi connectivity index (χ0v) is 9.79. The smallest absolute Gasteiger partial charge is 0.226 e. The van der Waals surface area contributed by atoms with E-state index in [9.17, 15) is 0 Å². The van der Waals surface area contributed by atoms with Crippen LogP contribution in [0.3, 0.4) is 0 Å². The van der Waals surface area contributed by atoms with E-state index in [4.69, 9.17) is 4.52 Å². The summed E-state index contributed by atoms with van der Waals surface area (Å²) >= 11 is 0. The summed E-state index contributed by atoms with van der Waals surface area (Å²) in [5.41, 5.74) is 0.326. The van der Waals surface area contributed by atoms with Crippen molar-refractivity contribution in [2.75, 3.05) is 0 Å². The van der Waals surface area contributed by atoms with Gasteiger partial charge in [0.1, 0.15) is 0 Å². The highest BCUT2D eigenvalue weighted by molar-refractivity contribution is 4.92. The SMILES string of the molecule is CC(C)c1noc(CCC(C)(C)C)n1. The molecule has 1 aromatic heterocycles. The van der Waals surface area contributed by atoms with Crippen LogP contribution >= 0.6 is 0 Å². The van der Waals surface area contributed by atoms with Crippen LogP contribution in [0.1, 0.15) is 58.7 Å². The molecule has 1 rings (SSSR count). The van der Waals surface area contributed by atoms with Gasteiger partial charge >= 0.3 is 0 Å². The molecule has 0 saturated heterocycles. The minimum Gasteiger partial charge on any atom is -0.339 e. The van der Waals surface area contributed by atoms with Gasteiger partial charge in [0.25, 0.3) is 0 Å². The molecule has 1 heterocycles. The molecule has 0 atom stereocenters. The molecule has 14 heavy (non-hydrogen) atoms. The van der Waals surface area contributed by atoms with Gasteiger partial charge in [0, 0.05) is 12.3 Å². The first-order chi connectivity index (χ1) is 6.38. The Morgan fingerprint density at radius 2 is 1.93 bits per heavy atom. The lowest BCUT2D eigenvalue weighted by Gasteiger charge is -2.15. The van der Waals surface area contributed by atoms with Crippen molar-refractivity contribution >= 4 is 0 Å². The van der Waals surface area contributed by atoms with Crippen molar-refractivity contribution in [2.24, 2.45) is 5.41 Å². The van der Waals surface area contributed by atoms with E-state index >= 15 is 0 Å². The van der Waals surface area contributed by atoms with Crippen molar-refractivity contribution in [1.82, 2.24) is 10.1 Å². The summed E-state index contributed by atoms with van der Waals surface area (Å²) in [4.78, 5) is 4.34. The molecule has 0 N–H and O–H groups in total. The molecule has 0 aliphatic carbocycles. The summed E-state index contributed by atoms with van der Waals surface area (Å²) in [6, 6.07) is 0. The van der Waals surface area contributed by atoms with Crippen molar-refractivity contribution in [2.45, 2.75) is 53.4 Å². The lowest BCUT2D eigenvalue weighted by molar-refractivity contribution is 0.325. The summed E-state index contributed by atoms with van der Waals surface area (Å²) in [6.07, 6.45) is 1.95. The normalized spacial score (nSPS) is 12.4. The van der Waals surface area contributed by atoms with Crippen LogP contribution in [0.5, 0.6) is 0 Å². The van der Waals surface area contributed by atoms with Gasteiger partial charge in [-0.2, -0.15) is 4.98 Å². The topological polar surface area (TPSA) is 38.9 Å². The fourth-order valence-corrected chi connectivity index (χ4v) is 1.09. The van der Waals surface area contributed by atoms with Gasteiger partial charge in [-0.3, -0.25) is 0 Å². The van der Waals surface area contributed by atoms with Gasteiger partial charge < -0.3 is 4.52 Å². The molecule has 3 nitrogen and oxygen atoms in total. The molecule has 0 aromatic carbocycles. The lowest BCUT2D eigenvalue weighted by Crippen LogP contribution is -2.06. The number of rotatable bonds is 3. The van der Waals surface area contributed by atoms with Gasteiger partial charge in [-0.15, -0.1) is 0 Å². The molecule has 1 aromatic rings. The van der Waals surface area contributed by atoms with Crippen LogP contribution in [0.4, 0.5) is 0 Å². The van der Waals surface area contributed by atoms with Gasteiger partial charge in [0.05, 0.1) is 0 Å². The molecule has 0 aliphatic heterocycles. The first-order valence-electron chi connectivity index (χ1n) is 5.21. The van der Waals surface area contributed by atoms with E-state index in [2.05, 4.69) is 44.8 Å². The average molecular weight is 196 g/mol. The Morgan fingerprint density at radius 1 is 1.29 bits per heavy atom. The molecule has 0 bridgehead atoms. The second-order valence-electron chi connectivity index (χ2n) is 5.26. The Labute approximate surface area is 85.9 Å². The summed E-state index contributed by atoms with van der Waals surface area (Å²) in [5.74, 6) is 1.93. The van der Waals surface area contributed by atoms with E-state index in [1.807, 2.05) is 0 Å². The molecular formula is C11H20N2O. The molecule has 0 amide bonds. The molecule has 3 heteroatoms.